The molecule has 2 aliphatic rings. The average Bonchev–Trinajstić information content (AvgIpc) is 3.15. The maximum atomic E-state index is 13.7. The first-order chi connectivity index (χ1) is 16.0. The van der Waals surface area contributed by atoms with Gasteiger partial charge in [-0.2, -0.15) is 0 Å². The molecule has 2 aliphatic heterocycles. The molecule has 33 heavy (non-hydrogen) atoms. The summed E-state index contributed by atoms with van der Waals surface area (Å²) in [6, 6.07) is 14.9. The van der Waals surface area contributed by atoms with E-state index in [9.17, 15) is 19.2 Å². The number of rotatable bonds is 6. The van der Waals surface area contributed by atoms with Crippen molar-refractivity contribution in [2.75, 3.05) is 19.8 Å². The molecule has 2 aromatic rings. The average molecular weight is 451 g/mol. The van der Waals surface area contributed by atoms with Gasteiger partial charge in [0.2, 0.25) is 5.78 Å². The van der Waals surface area contributed by atoms with E-state index in [1.807, 2.05) is 30.3 Å². The van der Waals surface area contributed by atoms with Gasteiger partial charge in [0.15, 0.2) is 0 Å². The molecule has 0 aliphatic carbocycles. The number of para-hydroxylation sites is 1. The minimum atomic E-state index is -1.26. The Balaban J connectivity index is 1.96. The Bertz CT molecular complexity index is 1090. The topological polar surface area (TPSA) is 90.0 Å². The van der Waals surface area contributed by atoms with Gasteiger partial charge in [0, 0.05) is 6.07 Å². The second-order valence-electron chi connectivity index (χ2n) is 8.09. The molecular formula is C25H27N2O6+. The second-order valence-corrected chi connectivity index (χ2v) is 8.09. The van der Waals surface area contributed by atoms with Gasteiger partial charge in [-0.05, 0) is 25.5 Å². The highest BCUT2D eigenvalue weighted by Gasteiger charge is 2.66. The number of fused-ring (bicyclic) bond motifs is 2. The van der Waals surface area contributed by atoms with Gasteiger partial charge < -0.3 is 9.47 Å². The van der Waals surface area contributed by atoms with Crippen LogP contribution in [0.15, 0.2) is 54.6 Å². The summed E-state index contributed by atoms with van der Waals surface area (Å²) in [5.41, 5.74) is 1.64. The third kappa shape index (κ3) is 3.70. The first-order valence-corrected chi connectivity index (χ1v) is 11.1. The molecule has 0 saturated carbocycles. The fraction of sp³-hybridized carbons (Fsp3) is 0.360. The van der Waals surface area contributed by atoms with E-state index in [2.05, 4.69) is 0 Å². The number of ketones is 1. The SMILES string of the molecule is CCOC(=O)C1C(=O)CC[N+]12c1ccccc1C(=O)N(Cc1ccccc1)C2C(=O)OCC. The van der Waals surface area contributed by atoms with Gasteiger partial charge in [-0.25, -0.2) is 14.1 Å². The number of carbonyl (C=O) groups excluding carboxylic acids is 4. The van der Waals surface area contributed by atoms with Gasteiger partial charge in [-0.1, -0.05) is 42.5 Å². The number of esters is 2. The Kier molecular flexibility index (Phi) is 6.29. The molecule has 0 radical (unpaired) electrons. The fourth-order valence-electron chi connectivity index (χ4n) is 5.02. The molecule has 3 atom stereocenters. The summed E-state index contributed by atoms with van der Waals surface area (Å²) in [6.07, 6.45) is -1.12. The van der Waals surface area contributed by atoms with Crippen molar-refractivity contribution in [3.8, 4) is 0 Å². The molecular weight excluding hydrogens is 424 g/mol. The number of carbonyl (C=O) groups is 4. The zero-order valence-corrected chi connectivity index (χ0v) is 18.7. The number of ether oxygens (including phenoxy) is 2. The molecule has 1 spiro atoms. The third-order valence-corrected chi connectivity index (χ3v) is 6.27. The molecule has 1 fully saturated rings. The molecule has 0 bridgehead atoms. The van der Waals surface area contributed by atoms with Crippen LogP contribution in [-0.4, -0.2) is 60.5 Å². The molecule has 2 aromatic carbocycles. The quantitative estimate of drug-likeness (QED) is 0.381. The molecule has 172 valence electrons. The summed E-state index contributed by atoms with van der Waals surface area (Å²) in [5, 5.41) is 0. The highest BCUT2D eigenvalue weighted by Crippen LogP contribution is 2.44. The van der Waals surface area contributed by atoms with Gasteiger partial charge in [-0.3, -0.25) is 14.5 Å². The number of Topliss-reactive ketones (excluding diaryl/α,β-unsaturated/α-hetero) is 1. The van der Waals surface area contributed by atoms with Crippen LogP contribution in [0.3, 0.4) is 0 Å². The summed E-state index contributed by atoms with van der Waals surface area (Å²) >= 11 is 0. The van der Waals surface area contributed by atoms with E-state index in [1.165, 1.54) is 4.90 Å². The molecule has 0 N–H and O–H groups in total. The maximum Gasteiger partial charge on any atom is 0.388 e. The molecule has 4 rings (SSSR count). The van der Waals surface area contributed by atoms with Gasteiger partial charge in [0.1, 0.15) is 11.3 Å². The van der Waals surface area contributed by atoms with Crippen molar-refractivity contribution in [3.63, 3.8) is 0 Å². The molecule has 1 amide bonds. The number of benzene rings is 2. The summed E-state index contributed by atoms with van der Waals surface area (Å²) in [4.78, 5) is 54.7. The zero-order chi connectivity index (χ0) is 23.6. The summed E-state index contributed by atoms with van der Waals surface area (Å²) in [5.74, 6) is -2.01. The lowest BCUT2D eigenvalue weighted by molar-refractivity contribution is -0.162. The smallest absolute Gasteiger partial charge is 0.388 e. The molecule has 1 saturated heterocycles. The highest BCUT2D eigenvalue weighted by atomic mass is 16.5. The number of hydrogen-bond acceptors (Lipinski definition) is 6. The lowest BCUT2D eigenvalue weighted by atomic mass is 9.98. The first kappa shape index (κ1) is 22.7. The van der Waals surface area contributed by atoms with Crippen molar-refractivity contribution in [3.05, 3.63) is 65.7 Å². The minimum absolute atomic E-state index is 0.0844. The van der Waals surface area contributed by atoms with Crippen LogP contribution < -0.4 is 4.48 Å². The second kappa shape index (κ2) is 9.15. The fourth-order valence-corrected chi connectivity index (χ4v) is 5.02. The van der Waals surface area contributed by atoms with Crippen molar-refractivity contribution in [2.24, 2.45) is 0 Å². The monoisotopic (exact) mass is 451 g/mol. The Morgan fingerprint density at radius 3 is 2.27 bits per heavy atom. The van der Waals surface area contributed by atoms with E-state index in [0.717, 1.165) is 5.56 Å². The van der Waals surface area contributed by atoms with Gasteiger partial charge in [-0.15, -0.1) is 0 Å². The Labute approximate surface area is 192 Å². The number of quaternary nitrogens is 1. The van der Waals surface area contributed by atoms with E-state index in [0.29, 0.717) is 11.3 Å². The first-order valence-electron chi connectivity index (χ1n) is 11.1. The number of nitrogens with zero attached hydrogens (tertiary/aromatic N) is 2. The van der Waals surface area contributed by atoms with Crippen molar-refractivity contribution < 1.29 is 28.7 Å². The van der Waals surface area contributed by atoms with Crippen LogP contribution in [0.2, 0.25) is 0 Å². The predicted octanol–water partition coefficient (Wildman–Crippen LogP) is 2.44. The normalized spacial score (nSPS) is 24.0. The lowest BCUT2D eigenvalue weighted by Crippen LogP contribution is -2.74. The summed E-state index contributed by atoms with van der Waals surface area (Å²) < 4.78 is 10.4. The van der Waals surface area contributed by atoms with Gasteiger partial charge in [0.25, 0.3) is 18.1 Å². The zero-order valence-electron chi connectivity index (χ0n) is 18.7. The maximum absolute atomic E-state index is 13.7. The Morgan fingerprint density at radius 1 is 0.939 bits per heavy atom. The van der Waals surface area contributed by atoms with E-state index in [1.54, 1.807) is 38.1 Å². The predicted molar refractivity (Wildman–Crippen MR) is 120 cm³/mol. The lowest BCUT2D eigenvalue weighted by Gasteiger charge is -2.49. The van der Waals surface area contributed by atoms with E-state index in [4.69, 9.17) is 9.47 Å². The molecule has 8 nitrogen and oxygen atoms in total. The van der Waals surface area contributed by atoms with E-state index in [-0.39, 0.29) is 48.9 Å². The largest absolute Gasteiger partial charge is 0.461 e. The Hall–Kier alpha value is -3.52. The van der Waals surface area contributed by atoms with Crippen LogP contribution in [-0.2, 0) is 30.4 Å². The van der Waals surface area contributed by atoms with Crippen molar-refractivity contribution >= 4 is 29.3 Å². The van der Waals surface area contributed by atoms with Crippen LogP contribution in [0.4, 0.5) is 5.69 Å². The van der Waals surface area contributed by atoms with E-state index >= 15 is 0 Å². The molecule has 2 heterocycles. The summed E-state index contributed by atoms with van der Waals surface area (Å²) in [7, 11) is 0. The molecule has 0 aromatic heterocycles. The van der Waals surface area contributed by atoms with Crippen molar-refractivity contribution in [2.45, 2.75) is 39.0 Å². The minimum Gasteiger partial charge on any atom is -0.461 e. The standard InChI is InChI=1S/C25H27N2O6/c1-3-32-24(30)21-20(28)14-15-27(21)19-13-9-8-12-18(19)23(29)26(22(27)25(31)33-4-2)16-17-10-6-5-7-11-17/h5-13,21-22H,3-4,14-16H2,1-2H3/q+1. The van der Waals surface area contributed by atoms with Crippen LogP contribution in [0, 0.1) is 0 Å². The summed E-state index contributed by atoms with van der Waals surface area (Å²) in [6.45, 7) is 3.85. The van der Waals surface area contributed by atoms with Crippen LogP contribution >= 0.6 is 0 Å². The molecule has 8 heteroatoms. The van der Waals surface area contributed by atoms with E-state index < -0.39 is 24.1 Å². The van der Waals surface area contributed by atoms with Gasteiger partial charge in [0.05, 0.1) is 32.7 Å². The van der Waals surface area contributed by atoms with Crippen LogP contribution in [0.5, 0.6) is 0 Å². The van der Waals surface area contributed by atoms with Gasteiger partial charge >= 0.3 is 11.9 Å². The molecule has 3 unspecified atom stereocenters. The van der Waals surface area contributed by atoms with Crippen molar-refractivity contribution in [1.82, 2.24) is 9.38 Å². The highest BCUT2D eigenvalue weighted by molar-refractivity contribution is 6.12. The third-order valence-electron chi connectivity index (χ3n) is 6.27. The number of hydrogen-bond donors (Lipinski definition) is 0. The van der Waals surface area contributed by atoms with Crippen LogP contribution in [0.25, 0.3) is 0 Å². The Morgan fingerprint density at radius 2 is 1.58 bits per heavy atom. The van der Waals surface area contributed by atoms with Crippen molar-refractivity contribution in [1.29, 1.82) is 0 Å². The number of amides is 1. The van der Waals surface area contributed by atoms with Crippen LogP contribution in [0.1, 0.15) is 36.2 Å².